The molecule has 0 aliphatic carbocycles. The number of fused-ring (bicyclic) bond motifs is 1. The van der Waals surface area contributed by atoms with Crippen molar-refractivity contribution in [3.8, 4) is 0 Å². The number of piperazine rings is 1. The van der Waals surface area contributed by atoms with Crippen LogP contribution in [0.5, 0.6) is 0 Å². The molecule has 2 aliphatic heterocycles. The van der Waals surface area contributed by atoms with E-state index in [4.69, 9.17) is 11.6 Å². The Labute approximate surface area is 217 Å². The van der Waals surface area contributed by atoms with Crippen LogP contribution in [0.2, 0.25) is 5.02 Å². The van der Waals surface area contributed by atoms with Crippen molar-refractivity contribution in [3.05, 3.63) is 52.5 Å². The molecule has 1 fully saturated rings. The molecule has 2 aromatic carbocycles. The molecule has 11 heteroatoms. The third-order valence-corrected chi connectivity index (χ3v) is 9.07. The van der Waals surface area contributed by atoms with Gasteiger partial charge in [-0.3, -0.25) is 18.8 Å². The van der Waals surface area contributed by atoms with Crippen LogP contribution in [0.4, 0.5) is 11.4 Å². The third kappa shape index (κ3) is 5.51. The second-order valence-corrected chi connectivity index (χ2v) is 11.6. The summed E-state index contributed by atoms with van der Waals surface area (Å²) in [5.74, 6) is -0.928. The minimum Gasteiger partial charge on any atom is -0.355 e. The zero-order valence-electron chi connectivity index (χ0n) is 20.8. The van der Waals surface area contributed by atoms with Gasteiger partial charge in [-0.1, -0.05) is 23.7 Å². The van der Waals surface area contributed by atoms with Crippen molar-refractivity contribution in [2.75, 3.05) is 55.9 Å². The second-order valence-electron chi connectivity index (χ2n) is 9.39. The molecular weight excluding hydrogens is 502 g/mol. The van der Waals surface area contributed by atoms with Gasteiger partial charge in [0.15, 0.2) is 0 Å². The summed E-state index contributed by atoms with van der Waals surface area (Å²) in [5, 5.41) is 6.07. The summed E-state index contributed by atoms with van der Waals surface area (Å²) >= 11 is 6.20. The normalized spacial score (nSPS) is 19.1. The van der Waals surface area contributed by atoms with Crippen LogP contribution in [-0.2, 0) is 19.6 Å². The molecule has 0 radical (unpaired) electrons. The lowest BCUT2D eigenvalue weighted by atomic mass is 10.1. The number of para-hydroxylation sites is 2. The average Bonchev–Trinajstić information content (AvgIpc) is 2.83. The zero-order chi connectivity index (χ0) is 26.0. The number of carbonyl (C=O) groups excluding carboxylic acids is 2. The minimum atomic E-state index is -4.19. The number of nitrogens with one attached hydrogen (secondary N) is 2. The molecule has 4 rings (SSSR count). The summed E-state index contributed by atoms with van der Waals surface area (Å²) in [6.07, 6.45) is -0.298. The first kappa shape index (κ1) is 26.4. The molecule has 2 N–H and O–H groups in total. The summed E-state index contributed by atoms with van der Waals surface area (Å²) in [6.45, 7) is 8.33. The number of carbonyl (C=O) groups is 2. The van der Waals surface area contributed by atoms with E-state index in [0.29, 0.717) is 40.6 Å². The summed E-state index contributed by atoms with van der Waals surface area (Å²) in [4.78, 5) is 30.6. The molecule has 2 aromatic rings. The first-order valence-electron chi connectivity index (χ1n) is 12.0. The highest BCUT2D eigenvalue weighted by Crippen LogP contribution is 2.38. The Morgan fingerprint density at radius 3 is 2.53 bits per heavy atom. The fraction of sp³-hybridized carbons (Fsp3) is 0.440. The average molecular weight is 534 g/mol. The van der Waals surface area contributed by atoms with Crippen molar-refractivity contribution < 1.29 is 18.0 Å². The van der Waals surface area contributed by atoms with Crippen molar-refractivity contribution in [2.24, 2.45) is 0 Å². The monoisotopic (exact) mass is 533 g/mol. The highest BCUT2D eigenvalue weighted by molar-refractivity contribution is 7.93. The maximum atomic E-state index is 14.0. The van der Waals surface area contributed by atoms with Crippen molar-refractivity contribution in [2.45, 2.75) is 31.2 Å². The van der Waals surface area contributed by atoms with E-state index in [0.717, 1.165) is 30.5 Å². The molecule has 1 saturated heterocycles. The number of likely N-dealkylation sites (N-methyl/N-ethyl adjacent to an activating group) is 1. The van der Waals surface area contributed by atoms with Gasteiger partial charge in [0.05, 0.1) is 22.7 Å². The maximum absolute atomic E-state index is 14.0. The summed E-state index contributed by atoms with van der Waals surface area (Å²) in [5.41, 5.74) is 1.76. The van der Waals surface area contributed by atoms with Gasteiger partial charge in [0.2, 0.25) is 11.8 Å². The molecule has 2 aliphatic rings. The molecule has 0 saturated carbocycles. The first-order valence-corrected chi connectivity index (χ1v) is 13.8. The van der Waals surface area contributed by atoms with Gasteiger partial charge in [0, 0.05) is 44.3 Å². The highest BCUT2D eigenvalue weighted by atomic mass is 35.5. The molecule has 9 nitrogen and oxygen atoms in total. The molecule has 0 aromatic heterocycles. The molecule has 1 unspecified atom stereocenters. The second kappa shape index (κ2) is 10.8. The molecule has 36 heavy (non-hydrogen) atoms. The maximum Gasteiger partial charge on any atom is 0.265 e. The summed E-state index contributed by atoms with van der Waals surface area (Å²) in [7, 11) is -2.11. The van der Waals surface area contributed by atoms with Crippen LogP contribution >= 0.6 is 11.6 Å². The van der Waals surface area contributed by atoms with Gasteiger partial charge in [-0.05, 0) is 56.3 Å². The lowest BCUT2D eigenvalue weighted by Gasteiger charge is -2.37. The Hall–Kier alpha value is -2.66. The smallest absolute Gasteiger partial charge is 0.265 e. The van der Waals surface area contributed by atoms with Gasteiger partial charge in [-0.2, -0.15) is 0 Å². The Morgan fingerprint density at radius 2 is 1.81 bits per heavy atom. The summed E-state index contributed by atoms with van der Waals surface area (Å²) in [6, 6.07) is 8.56. The van der Waals surface area contributed by atoms with Crippen molar-refractivity contribution >= 4 is 44.8 Å². The van der Waals surface area contributed by atoms with Crippen molar-refractivity contribution in [1.29, 1.82) is 0 Å². The van der Waals surface area contributed by atoms with Crippen LogP contribution in [0.25, 0.3) is 0 Å². The van der Waals surface area contributed by atoms with E-state index in [2.05, 4.69) is 27.5 Å². The minimum absolute atomic E-state index is 0.0503. The highest BCUT2D eigenvalue weighted by Gasteiger charge is 2.42. The number of amides is 2. The Balaban J connectivity index is 1.58. The largest absolute Gasteiger partial charge is 0.355 e. The van der Waals surface area contributed by atoms with Crippen LogP contribution < -0.4 is 14.9 Å². The molecule has 2 heterocycles. The zero-order valence-corrected chi connectivity index (χ0v) is 22.3. The number of sulfonamides is 1. The lowest BCUT2D eigenvalue weighted by molar-refractivity contribution is -0.125. The third-order valence-electron chi connectivity index (χ3n) is 6.70. The van der Waals surface area contributed by atoms with Gasteiger partial charge in [-0.15, -0.1) is 0 Å². The fourth-order valence-electron chi connectivity index (χ4n) is 4.55. The van der Waals surface area contributed by atoms with Crippen molar-refractivity contribution in [1.82, 2.24) is 15.1 Å². The number of aryl methyl sites for hydroxylation is 2. The van der Waals surface area contributed by atoms with E-state index < -0.39 is 22.0 Å². The van der Waals surface area contributed by atoms with Gasteiger partial charge in [-0.25, -0.2) is 8.42 Å². The number of hydrogen-bond acceptors (Lipinski definition) is 6. The van der Waals surface area contributed by atoms with E-state index in [1.807, 2.05) is 0 Å². The van der Waals surface area contributed by atoms with E-state index in [1.165, 1.54) is 6.07 Å². The number of nitrogens with zero attached hydrogens (tertiary/aromatic N) is 3. The van der Waals surface area contributed by atoms with E-state index in [-0.39, 0.29) is 17.2 Å². The Morgan fingerprint density at radius 1 is 1.11 bits per heavy atom. The number of hydrogen-bond donors (Lipinski definition) is 2. The van der Waals surface area contributed by atoms with Crippen molar-refractivity contribution in [3.63, 3.8) is 0 Å². The van der Waals surface area contributed by atoms with Crippen LogP contribution in [0, 0.1) is 13.8 Å². The van der Waals surface area contributed by atoms with Gasteiger partial charge in [0.1, 0.15) is 6.04 Å². The molecule has 2 amide bonds. The van der Waals surface area contributed by atoms with Gasteiger partial charge in [0.25, 0.3) is 10.0 Å². The van der Waals surface area contributed by atoms with Crippen LogP contribution in [0.15, 0.2) is 41.3 Å². The topological polar surface area (TPSA) is 102 Å². The first-order chi connectivity index (χ1) is 17.1. The standard InChI is InChI=1S/C25H32ClN5O4S/c1-17-15-23(18(2)14-19(17)26)36(34,35)31-21-7-5-4-6-20(21)28-25(33)22(31)16-24(32)27-8-9-30-12-10-29(3)11-13-30/h4-7,14-15,22H,8-13,16H2,1-3H3,(H,27,32)(H,28,33). The van der Waals surface area contributed by atoms with Gasteiger partial charge < -0.3 is 15.5 Å². The van der Waals surface area contributed by atoms with E-state index in [9.17, 15) is 18.0 Å². The quantitative estimate of drug-likeness (QED) is 0.566. The fourth-order valence-corrected chi connectivity index (χ4v) is 6.69. The van der Waals surface area contributed by atoms with Crippen LogP contribution in [0.3, 0.4) is 0 Å². The molecule has 0 bridgehead atoms. The molecule has 194 valence electrons. The SMILES string of the molecule is Cc1cc(S(=O)(=O)N2c3ccccc3NC(=O)C2CC(=O)NCCN2CCN(C)CC2)c(C)cc1Cl. The molecule has 1 atom stereocenters. The number of rotatable bonds is 7. The van der Waals surface area contributed by atoms with E-state index >= 15 is 0 Å². The number of anilines is 2. The predicted octanol–water partition coefficient (Wildman–Crippen LogP) is 2.23. The number of halogens is 1. The van der Waals surface area contributed by atoms with Crippen LogP contribution in [-0.4, -0.2) is 82.4 Å². The molecule has 0 spiro atoms. The van der Waals surface area contributed by atoms with Crippen LogP contribution in [0.1, 0.15) is 17.5 Å². The predicted molar refractivity (Wildman–Crippen MR) is 141 cm³/mol. The molecular formula is C25H32ClN5O4S. The van der Waals surface area contributed by atoms with Gasteiger partial charge >= 0.3 is 0 Å². The number of benzene rings is 2. The lowest BCUT2D eigenvalue weighted by Crippen LogP contribution is -2.53. The Kier molecular flexibility index (Phi) is 7.89. The Bertz CT molecular complexity index is 1260. The summed E-state index contributed by atoms with van der Waals surface area (Å²) < 4.78 is 29.0. The van der Waals surface area contributed by atoms with E-state index in [1.54, 1.807) is 44.2 Å².